The van der Waals surface area contributed by atoms with Gasteiger partial charge in [0.15, 0.2) is 0 Å². The molecule has 0 heterocycles. The molecule has 0 aliphatic heterocycles. The predicted octanol–water partition coefficient (Wildman–Crippen LogP) is 3.86. The highest BCUT2D eigenvalue weighted by Crippen LogP contribution is 2.16. The average Bonchev–Trinajstić information content (AvgIpc) is 2.49. The summed E-state index contributed by atoms with van der Waals surface area (Å²) < 4.78 is 12.7. The summed E-state index contributed by atoms with van der Waals surface area (Å²) >= 11 is 7.37. The maximum absolute atomic E-state index is 12.7. The molecule has 0 spiro atoms. The van der Waals surface area contributed by atoms with Crippen LogP contribution < -0.4 is 5.43 Å². The first-order chi connectivity index (χ1) is 10.6. The number of halogens is 2. The molecule has 2 rings (SSSR count). The average molecular weight is 337 g/mol. The molecule has 0 bridgehead atoms. The van der Waals surface area contributed by atoms with Crippen molar-refractivity contribution >= 4 is 35.5 Å². The van der Waals surface area contributed by atoms with E-state index in [9.17, 15) is 9.18 Å². The third-order valence-electron chi connectivity index (χ3n) is 2.66. The molecule has 22 heavy (non-hydrogen) atoms. The maximum Gasteiger partial charge on any atom is 0.250 e. The van der Waals surface area contributed by atoms with Crippen LogP contribution in [0.2, 0.25) is 5.02 Å². The minimum atomic E-state index is -0.307. The summed E-state index contributed by atoms with van der Waals surface area (Å²) in [5.41, 5.74) is 4.22. The minimum Gasteiger partial charge on any atom is -0.272 e. The van der Waals surface area contributed by atoms with Crippen LogP contribution in [-0.4, -0.2) is 17.9 Å². The molecule has 114 valence electrons. The number of hydrazone groups is 1. The Balaban J connectivity index is 1.70. The molecule has 0 saturated heterocycles. The van der Waals surface area contributed by atoms with Gasteiger partial charge in [-0.15, -0.1) is 11.8 Å². The molecular weight excluding hydrogens is 323 g/mol. The molecule has 1 amide bonds. The number of benzene rings is 2. The van der Waals surface area contributed by atoms with Gasteiger partial charge in [-0.05, 0) is 35.4 Å². The molecule has 0 aromatic heterocycles. The van der Waals surface area contributed by atoms with Crippen LogP contribution in [0.25, 0.3) is 0 Å². The van der Waals surface area contributed by atoms with Gasteiger partial charge in [-0.2, -0.15) is 5.10 Å². The van der Waals surface area contributed by atoms with Crippen LogP contribution in [0.3, 0.4) is 0 Å². The maximum atomic E-state index is 12.7. The summed E-state index contributed by atoms with van der Waals surface area (Å²) in [6.07, 6.45) is 1.47. The third-order valence-corrected chi connectivity index (χ3v) is 3.90. The molecule has 0 saturated carbocycles. The number of carbonyl (C=O) groups excluding carboxylic acids is 1. The second-order valence-electron chi connectivity index (χ2n) is 4.47. The minimum absolute atomic E-state index is 0.189. The lowest BCUT2D eigenvalue weighted by molar-refractivity contribution is -0.118. The quantitative estimate of drug-likeness (QED) is 0.643. The Labute approximate surface area is 137 Å². The number of hydrogen-bond donors (Lipinski definition) is 1. The van der Waals surface area contributed by atoms with E-state index in [0.29, 0.717) is 22.1 Å². The van der Waals surface area contributed by atoms with E-state index in [1.807, 2.05) is 24.3 Å². The highest BCUT2D eigenvalue weighted by molar-refractivity contribution is 7.99. The first-order valence-electron chi connectivity index (χ1n) is 6.53. The van der Waals surface area contributed by atoms with Gasteiger partial charge in [0.05, 0.1) is 12.0 Å². The highest BCUT2D eigenvalue weighted by atomic mass is 35.5. The Morgan fingerprint density at radius 2 is 2.05 bits per heavy atom. The number of amides is 1. The first kappa shape index (κ1) is 16.5. The lowest BCUT2D eigenvalue weighted by Gasteiger charge is -2.02. The van der Waals surface area contributed by atoms with Gasteiger partial charge < -0.3 is 0 Å². The Bertz CT molecular complexity index is 661. The lowest BCUT2D eigenvalue weighted by Crippen LogP contribution is -2.19. The fourth-order valence-corrected chi connectivity index (χ4v) is 2.63. The predicted molar refractivity (Wildman–Crippen MR) is 89.8 cm³/mol. The van der Waals surface area contributed by atoms with Crippen molar-refractivity contribution in [3.05, 3.63) is 70.5 Å². The van der Waals surface area contributed by atoms with Crippen molar-refractivity contribution in [2.45, 2.75) is 5.75 Å². The van der Waals surface area contributed by atoms with E-state index in [4.69, 9.17) is 11.6 Å². The largest absolute Gasteiger partial charge is 0.272 e. The molecule has 6 heteroatoms. The van der Waals surface area contributed by atoms with Crippen LogP contribution in [0.15, 0.2) is 53.6 Å². The fraction of sp³-hybridized carbons (Fsp3) is 0.125. The SMILES string of the molecule is O=C(CSCc1cccc(Cl)c1)N/N=C/c1ccc(F)cc1. The molecule has 0 radical (unpaired) electrons. The van der Waals surface area contributed by atoms with E-state index in [1.165, 1.54) is 30.1 Å². The fourth-order valence-electron chi connectivity index (χ4n) is 1.65. The molecule has 3 nitrogen and oxygen atoms in total. The number of nitrogens with zero attached hydrogens (tertiary/aromatic N) is 1. The molecule has 1 N–H and O–H groups in total. The standard InChI is InChI=1S/C16H14ClFN2OS/c17-14-3-1-2-13(8-14)10-22-11-16(21)20-19-9-12-4-6-15(18)7-5-12/h1-9H,10-11H2,(H,20,21)/b19-9+. The van der Waals surface area contributed by atoms with E-state index < -0.39 is 0 Å². The molecule has 2 aromatic carbocycles. The van der Waals surface area contributed by atoms with Gasteiger partial charge in [-0.25, -0.2) is 9.82 Å². The van der Waals surface area contributed by atoms with E-state index >= 15 is 0 Å². The summed E-state index contributed by atoms with van der Waals surface area (Å²) in [5, 5.41) is 4.52. The van der Waals surface area contributed by atoms with Crippen LogP contribution >= 0.6 is 23.4 Å². The number of carbonyl (C=O) groups is 1. The van der Waals surface area contributed by atoms with Gasteiger partial charge in [-0.1, -0.05) is 35.9 Å². The highest BCUT2D eigenvalue weighted by Gasteiger charge is 2.01. The van der Waals surface area contributed by atoms with Crippen LogP contribution in [0.5, 0.6) is 0 Å². The topological polar surface area (TPSA) is 41.5 Å². The van der Waals surface area contributed by atoms with Crippen molar-refractivity contribution in [1.29, 1.82) is 0 Å². The Morgan fingerprint density at radius 3 is 2.77 bits per heavy atom. The molecular formula is C16H14ClFN2OS. The smallest absolute Gasteiger partial charge is 0.250 e. The van der Waals surface area contributed by atoms with Crippen molar-refractivity contribution in [2.24, 2.45) is 5.10 Å². The van der Waals surface area contributed by atoms with Crippen molar-refractivity contribution < 1.29 is 9.18 Å². The van der Waals surface area contributed by atoms with Crippen LogP contribution in [0, 0.1) is 5.82 Å². The van der Waals surface area contributed by atoms with E-state index in [-0.39, 0.29) is 11.7 Å². The number of hydrogen-bond acceptors (Lipinski definition) is 3. The van der Waals surface area contributed by atoms with Gasteiger partial charge in [0.25, 0.3) is 0 Å². The molecule has 0 aliphatic carbocycles. The second kappa shape index (κ2) is 8.56. The van der Waals surface area contributed by atoms with E-state index in [0.717, 1.165) is 5.56 Å². The lowest BCUT2D eigenvalue weighted by atomic mass is 10.2. The summed E-state index contributed by atoms with van der Waals surface area (Å²) in [6, 6.07) is 13.4. The van der Waals surface area contributed by atoms with E-state index in [2.05, 4.69) is 10.5 Å². The second-order valence-corrected chi connectivity index (χ2v) is 5.89. The zero-order valence-corrected chi connectivity index (χ0v) is 13.2. The molecule has 2 aromatic rings. The van der Waals surface area contributed by atoms with Crippen molar-refractivity contribution in [2.75, 3.05) is 5.75 Å². The number of nitrogens with one attached hydrogen (secondary N) is 1. The van der Waals surface area contributed by atoms with Crippen LogP contribution in [0.4, 0.5) is 4.39 Å². The van der Waals surface area contributed by atoms with Crippen molar-refractivity contribution in [3.63, 3.8) is 0 Å². The van der Waals surface area contributed by atoms with Crippen LogP contribution in [-0.2, 0) is 10.5 Å². The van der Waals surface area contributed by atoms with Crippen molar-refractivity contribution in [1.82, 2.24) is 5.43 Å². The summed E-state index contributed by atoms with van der Waals surface area (Å²) in [6.45, 7) is 0. The molecule has 0 atom stereocenters. The summed E-state index contributed by atoms with van der Waals surface area (Å²) in [7, 11) is 0. The summed E-state index contributed by atoms with van der Waals surface area (Å²) in [4.78, 5) is 11.6. The molecule has 0 aliphatic rings. The van der Waals surface area contributed by atoms with Crippen molar-refractivity contribution in [3.8, 4) is 0 Å². The zero-order chi connectivity index (χ0) is 15.8. The normalized spacial score (nSPS) is 10.8. The Morgan fingerprint density at radius 1 is 1.27 bits per heavy atom. The van der Waals surface area contributed by atoms with Gasteiger partial charge in [0.2, 0.25) is 5.91 Å². The zero-order valence-electron chi connectivity index (χ0n) is 11.6. The monoisotopic (exact) mass is 336 g/mol. The number of rotatable bonds is 6. The Kier molecular flexibility index (Phi) is 6.43. The first-order valence-corrected chi connectivity index (χ1v) is 8.06. The van der Waals surface area contributed by atoms with Crippen LogP contribution in [0.1, 0.15) is 11.1 Å². The van der Waals surface area contributed by atoms with E-state index in [1.54, 1.807) is 12.1 Å². The Hall–Kier alpha value is -1.85. The molecule has 0 fully saturated rings. The third kappa shape index (κ3) is 5.87. The molecule has 0 unspecified atom stereocenters. The summed E-state index contributed by atoms with van der Waals surface area (Å²) in [5.74, 6) is 0.507. The van der Waals surface area contributed by atoms with Gasteiger partial charge in [0, 0.05) is 10.8 Å². The van der Waals surface area contributed by atoms with Gasteiger partial charge in [-0.3, -0.25) is 4.79 Å². The van der Waals surface area contributed by atoms with Gasteiger partial charge >= 0.3 is 0 Å². The number of thioether (sulfide) groups is 1. The van der Waals surface area contributed by atoms with Gasteiger partial charge in [0.1, 0.15) is 5.82 Å².